The summed E-state index contributed by atoms with van der Waals surface area (Å²) in [6.45, 7) is 2.26. The number of carbonyl (C=O) groups is 1. The van der Waals surface area contributed by atoms with Gasteiger partial charge in [-0.3, -0.25) is 9.89 Å². The molecule has 9 nitrogen and oxygen atoms in total. The molecule has 176 valence electrons. The van der Waals surface area contributed by atoms with Crippen LogP contribution < -0.4 is 10.1 Å². The molecule has 0 aliphatic rings. The summed E-state index contributed by atoms with van der Waals surface area (Å²) in [5, 5.41) is 10.1. The highest BCUT2D eigenvalue weighted by molar-refractivity contribution is 7.99. The minimum atomic E-state index is -4.01. The Morgan fingerprint density at radius 1 is 1.24 bits per heavy atom. The highest BCUT2D eigenvalue weighted by Gasteiger charge is 2.27. The molecule has 0 unspecified atom stereocenters. The normalized spacial score (nSPS) is 11.5. The van der Waals surface area contributed by atoms with Crippen LogP contribution in [-0.4, -0.2) is 59.3 Å². The Morgan fingerprint density at radius 2 is 2.03 bits per heavy atom. The van der Waals surface area contributed by atoms with E-state index >= 15 is 0 Å². The Kier molecular flexibility index (Phi) is 9.12. The van der Waals surface area contributed by atoms with Crippen molar-refractivity contribution < 1.29 is 17.9 Å². The topological polar surface area (TPSA) is 117 Å². The van der Waals surface area contributed by atoms with Crippen LogP contribution in [0.4, 0.5) is 0 Å². The summed E-state index contributed by atoms with van der Waals surface area (Å²) in [5.74, 6) is 0.542. The number of ether oxygens (including phenoxy) is 1. The number of rotatable bonds is 12. The maximum atomic E-state index is 13.4. The van der Waals surface area contributed by atoms with Crippen molar-refractivity contribution in [2.75, 3.05) is 25.4 Å². The van der Waals surface area contributed by atoms with E-state index in [2.05, 4.69) is 20.5 Å². The molecule has 0 atom stereocenters. The maximum absolute atomic E-state index is 13.4. The molecule has 12 heteroatoms. The highest BCUT2D eigenvalue weighted by atomic mass is 35.5. The van der Waals surface area contributed by atoms with Crippen LogP contribution in [0, 0.1) is 0 Å². The van der Waals surface area contributed by atoms with E-state index in [4.69, 9.17) is 16.3 Å². The number of nitrogens with zero attached hydrogens (tertiary/aromatic N) is 3. The largest absolute Gasteiger partial charge is 0.492 e. The van der Waals surface area contributed by atoms with Gasteiger partial charge in [-0.15, -0.1) is 0 Å². The average Bonchev–Trinajstić information content (AvgIpc) is 3.32. The van der Waals surface area contributed by atoms with E-state index in [0.29, 0.717) is 29.8 Å². The van der Waals surface area contributed by atoms with Crippen molar-refractivity contribution in [2.24, 2.45) is 0 Å². The first-order valence-corrected chi connectivity index (χ1v) is 12.9. The van der Waals surface area contributed by atoms with Crippen molar-refractivity contribution in [3.05, 3.63) is 65.4 Å². The van der Waals surface area contributed by atoms with Gasteiger partial charge in [0.1, 0.15) is 12.1 Å². The molecule has 33 heavy (non-hydrogen) atoms. The Morgan fingerprint density at radius 3 is 2.70 bits per heavy atom. The third-order valence-electron chi connectivity index (χ3n) is 4.42. The lowest BCUT2D eigenvalue weighted by Gasteiger charge is -2.22. The predicted octanol–water partition coefficient (Wildman–Crippen LogP) is 2.96. The van der Waals surface area contributed by atoms with Gasteiger partial charge in [0.05, 0.1) is 23.1 Å². The second-order valence-electron chi connectivity index (χ2n) is 6.77. The van der Waals surface area contributed by atoms with Crippen LogP contribution in [0.15, 0.2) is 64.9 Å². The smallest absolute Gasteiger partial charge is 0.243 e. The number of halogens is 1. The third-order valence-corrected chi connectivity index (χ3v) is 7.38. The van der Waals surface area contributed by atoms with Gasteiger partial charge in [0.2, 0.25) is 15.9 Å². The third kappa shape index (κ3) is 7.19. The van der Waals surface area contributed by atoms with Crippen molar-refractivity contribution in [3.8, 4) is 5.75 Å². The summed E-state index contributed by atoms with van der Waals surface area (Å²) in [6.07, 6.45) is 1.40. The number of hydrogen-bond donors (Lipinski definition) is 2. The molecule has 0 saturated carbocycles. The number of carbonyl (C=O) groups excluding carboxylic acids is 1. The van der Waals surface area contributed by atoms with Crippen LogP contribution in [0.5, 0.6) is 5.75 Å². The van der Waals surface area contributed by atoms with Crippen LogP contribution in [0.3, 0.4) is 0 Å². The molecule has 0 fully saturated rings. The standard InChI is InChI=1S/C21H24ClN5O4S2/c1-2-31-19-9-8-17(12-18(19)22)33(29,30)27(13-16-6-4-3-5-7-16)14-20(28)23-10-11-32-21-24-15-25-26-21/h3-9,12,15H,2,10-11,13-14H2,1H3,(H,23,28)(H,24,25,26). The molecule has 0 aliphatic heterocycles. The molecule has 1 aromatic heterocycles. The second kappa shape index (κ2) is 12.0. The van der Waals surface area contributed by atoms with Gasteiger partial charge in [-0.25, -0.2) is 13.4 Å². The second-order valence-corrected chi connectivity index (χ2v) is 10.2. The molecule has 0 spiro atoms. The first-order chi connectivity index (χ1) is 15.9. The zero-order valence-corrected chi connectivity index (χ0v) is 20.3. The van der Waals surface area contributed by atoms with E-state index in [1.165, 1.54) is 36.3 Å². The summed E-state index contributed by atoms with van der Waals surface area (Å²) in [6, 6.07) is 13.4. The summed E-state index contributed by atoms with van der Waals surface area (Å²) < 4.78 is 33.3. The lowest BCUT2D eigenvalue weighted by Crippen LogP contribution is -2.40. The Balaban J connectivity index is 1.72. The van der Waals surface area contributed by atoms with Crippen molar-refractivity contribution in [1.82, 2.24) is 24.8 Å². The van der Waals surface area contributed by atoms with E-state index < -0.39 is 15.9 Å². The van der Waals surface area contributed by atoms with Crippen LogP contribution in [0.2, 0.25) is 5.02 Å². The first-order valence-electron chi connectivity index (χ1n) is 10.1. The molecular formula is C21H24ClN5O4S2. The minimum absolute atomic E-state index is 0.0134. The fourth-order valence-electron chi connectivity index (χ4n) is 2.89. The molecule has 2 aromatic carbocycles. The molecule has 0 saturated heterocycles. The fourth-order valence-corrected chi connectivity index (χ4v) is 5.24. The van der Waals surface area contributed by atoms with Gasteiger partial charge in [0.25, 0.3) is 0 Å². The average molecular weight is 510 g/mol. The monoisotopic (exact) mass is 509 g/mol. The van der Waals surface area contributed by atoms with E-state index in [0.717, 1.165) is 9.87 Å². The number of nitrogens with one attached hydrogen (secondary N) is 2. The maximum Gasteiger partial charge on any atom is 0.243 e. The number of H-pyrrole nitrogens is 1. The van der Waals surface area contributed by atoms with Gasteiger partial charge in [-0.05, 0) is 30.7 Å². The van der Waals surface area contributed by atoms with E-state index in [9.17, 15) is 13.2 Å². The fraction of sp³-hybridized carbons (Fsp3) is 0.286. The minimum Gasteiger partial charge on any atom is -0.492 e. The van der Waals surface area contributed by atoms with Gasteiger partial charge in [-0.1, -0.05) is 53.7 Å². The molecule has 3 rings (SSSR count). The molecule has 0 bridgehead atoms. The number of sulfonamides is 1. The van der Waals surface area contributed by atoms with Gasteiger partial charge < -0.3 is 10.1 Å². The number of aromatic nitrogens is 3. The lowest BCUT2D eigenvalue weighted by molar-refractivity contribution is -0.121. The van der Waals surface area contributed by atoms with Gasteiger partial charge in [-0.2, -0.15) is 9.40 Å². The zero-order chi connectivity index (χ0) is 23.7. The van der Waals surface area contributed by atoms with Gasteiger partial charge in [0.15, 0.2) is 5.16 Å². The Labute approximate surface area is 201 Å². The predicted molar refractivity (Wildman–Crippen MR) is 127 cm³/mol. The summed E-state index contributed by atoms with van der Waals surface area (Å²) in [5.41, 5.74) is 0.756. The van der Waals surface area contributed by atoms with Crippen LogP contribution in [0.25, 0.3) is 0 Å². The highest BCUT2D eigenvalue weighted by Crippen LogP contribution is 2.29. The molecule has 3 aromatic rings. The number of amides is 1. The lowest BCUT2D eigenvalue weighted by atomic mass is 10.2. The number of hydrogen-bond acceptors (Lipinski definition) is 7. The van der Waals surface area contributed by atoms with E-state index in [-0.39, 0.29) is 23.0 Å². The summed E-state index contributed by atoms with van der Waals surface area (Å²) in [7, 11) is -4.01. The van der Waals surface area contributed by atoms with Crippen molar-refractivity contribution >= 4 is 39.3 Å². The van der Waals surface area contributed by atoms with Crippen LogP contribution in [-0.2, 0) is 21.4 Å². The molecule has 1 heterocycles. The number of benzene rings is 2. The summed E-state index contributed by atoms with van der Waals surface area (Å²) in [4.78, 5) is 16.6. The molecule has 1 amide bonds. The van der Waals surface area contributed by atoms with E-state index in [1.54, 1.807) is 12.1 Å². The number of aromatic amines is 1. The van der Waals surface area contributed by atoms with Gasteiger partial charge in [0, 0.05) is 18.8 Å². The van der Waals surface area contributed by atoms with Crippen molar-refractivity contribution in [2.45, 2.75) is 23.5 Å². The zero-order valence-electron chi connectivity index (χ0n) is 17.9. The van der Waals surface area contributed by atoms with E-state index in [1.807, 2.05) is 25.1 Å². The van der Waals surface area contributed by atoms with Crippen molar-refractivity contribution in [1.29, 1.82) is 0 Å². The van der Waals surface area contributed by atoms with Crippen LogP contribution >= 0.6 is 23.4 Å². The Hall–Kier alpha value is -2.60. The number of thioether (sulfide) groups is 1. The quantitative estimate of drug-likeness (QED) is 0.284. The molecule has 0 radical (unpaired) electrons. The van der Waals surface area contributed by atoms with Crippen molar-refractivity contribution in [3.63, 3.8) is 0 Å². The molecule has 2 N–H and O–H groups in total. The first kappa shape index (κ1) is 25.0. The SMILES string of the molecule is CCOc1ccc(S(=O)(=O)N(CC(=O)NCCSc2ncn[nH]2)Cc2ccccc2)cc1Cl. The molecular weight excluding hydrogens is 486 g/mol. The van der Waals surface area contributed by atoms with Crippen LogP contribution in [0.1, 0.15) is 12.5 Å². The Bertz CT molecular complexity index is 1140. The van der Waals surface area contributed by atoms with Gasteiger partial charge >= 0.3 is 0 Å². The molecule has 0 aliphatic carbocycles. The summed E-state index contributed by atoms with van der Waals surface area (Å²) >= 11 is 7.61.